The Balaban J connectivity index is 0.00000182. The van der Waals surface area contributed by atoms with Crippen LogP contribution in [0.15, 0.2) is 48.0 Å². The van der Waals surface area contributed by atoms with E-state index in [-0.39, 0.29) is 53.1 Å². The van der Waals surface area contributed by atoms with Crippen LogP contribution < -0.4 is 24.8 Å². The van der Waals surface area contributed by atoms with E-state index in [0.717, 1.165) is 3.63 Å². The quantitative estimate of drug-likeness (QED) is 0.526. The fourth-order valence-electron chi connectivity index (χ4n) is 3.72. The maximum Gasteiger partial charge on any atom is -1.00 e. The van der Waals surface area contributed by atoms with E-state index in [1.807, 2.05) is 0 Å². The molecule has 1 aliphatic carbocycles. The summed E-state index contributed by atoms with van der Waals surface area (Å²) in [6.07, 6.45) is 5.12. The van der Waals surface area contributed by atoms with E-state index in [4.69, 9.17) is 0 Å². The van der Waals surface area contributed by atoms with Crippen LogP contribution in [0, 0.1) is 0 Å². The minimum absolute atomic E-state index is 0. The molecule has 0 N–H and O–H groups in total. The third-order valence-corrected chi connectivity index (χ3v) is 13.9. The third-order valence-electron chi connectivity index (χ3n) is 4.97. The van der Waals surface area contributed by atoms with Gasteiger partial charge in [-0.1, -0.05) is 0 Å². The predicted molar refractivity (Wildman–Crippen MR) is 109 cm³/mol. The SMILES string of the molecule is CCCC1=Cc2c(-c3ccccc3)cc(C(C)C)cc2[CH]1[Zr+2][Si](C)C.[Cl-].[Cl-]. The van der Waals surface area contributed by atoms with Crippen LogP contribution in [0.2, 0.25) is 13.1 Å². The molecule has 0 spiro atoms. The van der Waals surface area contributed by atoms with Crippen LogP contribution in [-0.4, -0.2) is 5.92 Å². The van der Waals surface area contributed by atoms with E-state index >= 15 is 0 Å². The molecule has 1 unspecified atom stereocenters. The van der Waals surface area contributed by atoms with Crippen molar-refractivity contribution in [2.24, 2.45) is 0 Å². The van der Waals surface area contributed by atoms with E-state index < -0.39 is 0 Å². The fourth-order valence-corrected chi connectivity index (χ4v) is 12.6. The van der Waals surface area contributed by atoms with Gasteiger partial charge in [0.2, 0.25) is 0 Å². The van der Waals surface area contributed by atoms with E-state index in [9.17, 15) is 0 Å². The molecule has 0 nitrogen and oxygen atoms in total. The topological polar surface area (TPSA) is 0 Å². The molecule has 1 atom stereocenters. The summed E-state index contributed by atoms with van der Waals surface area (Å²) in [5.74, 6) is 0.495. The molecule has 143 valence electrons. The van der Waals surface area contributed by atoms with Crippen LogP contribution in [-0.2, 0) is 22.4 Å². The Bertz CT molecular complexity index is 769. The summed E-state index contributed by atoms with van der Waals surface area (Å²) >= 11 is -0.374. The normalized spacial score (nSPS) is 14.9. The molecule has 2 aromatic carbocycles. The van der Waals surface area contributed by atoms with Crippen LogP contribution >= 0.6 is 0 Å². The van der Waals surface area contributed by atoms with Crippen molar-refractivity contribution in [1.82, 2.24) is 0 Å². The first-order valence-electron chi connectivity index (χ1n) is 9.51. The van der Waals surface area contributed by atoms with Crippen molar-refractivity contribution in [2.45, 2.75) is 56.3 Å². The Kier molecular flexibility index (Phi) is 10.3. The van der Waals surface area contributed by atoms with Crippen molar-refractivity contribution in [3.63, 3.8) is 0 Å². The largest absolute Gasteiger partial charge is 1.00 e. The van der Waals surface area contributed by atoms with Gasteiger partial charge in [0.1, 0.15) is 0 Å². The van der Waals surface area contributed by atoms with E-state index in [1.165, 1.54) is 35.1 Å². The first-order chi connectivity index (χ1) is 12.0. The van der Waals surface area contributed by atoms with Crippen molar-refractivity contribution in [1.29, 1.82) is 0 Å². The maximum absolute atomic E-state index is 2.57. The maximum atomic E-state index is 2.57. The van der Waals surface area contributed by atoms with Crippen molar-refractivity contribution in [3.05, 3.63) is 64.7 Å². The first kappa shape index (κ1) is 24.9. The number of fused-ring (bicyclic) bond motifs is 1. The predicted octanol–water partition coefficient (Wildman–Crippen LogP) is 1.06. The molecule has 1 radical (unpaired) electrons. The smallest absolute Gasteiger partial charge is 1.00 e. The van der Waals surface area contributed by atoms with Gasteiger partial charge < -0.3 is 24.8 Å². The van der Waals surface area contributed by atoms with Gasteiger partial charge in [-0.15, -0.1) is 0 Å². The zero-order valence-corrected chi connectivity index (χ0v) is 21.9. The number of benzene rings is 2. The van der Waals surface area contributed by atoms with Crippen molar-refractivity contribution in [2.75, 3.05) is 0 Å². The average molecular weight is 496 g/mol. The Morgan fingerprint density at radius 3 is 2.26 bits per heavy atom. The molecule has 27 heavy (non-hydrogen) atoms. The van der Waals surface area contributed by atoms with E-state index in [1.54, 1.807) is 11.1 Å². The number of hydrogen-bond acceptors (Lipinski definition) is 0. The molecule has 0 heterocycles. The number of rotatable bonds is 6. The molecule has 2 aromatic rings. The summed E-state index contributed by atoms with van der Waals surface area (Å²) in [5, 5.41) is 0. The fraction of sp³-hybridized carbons (Fsp3) is 0.391. The summed E-state index contributed by atoms with van der Waals surface area (Å²) in [4.78, 5) is 0. The second-order valence-electron chi connectivity index (χ2n) is 7.64. The Labute approximate surface area is 190 Å². The molecule has 0 fully saturated rings. The van der Waals surface area contributed by atoms with Gasteiger partial charge >= 0.3 is 167 Å². The number of allylic oxidation sites excluding steroid dienone is 1. The zero-order valence-electron chi connectivity index (χ0n) is 16.9. The second-order valence-corrected chi connectivity index (χ2v) is 20.8. The Hall–Kier alpha value is -0.140. The minimum atomic E-state index is -0.374. The minimum Gasteiger partial charge on any atom is -1.00 e. The zero-order chi connectivity index (χ0) is 18.0. The molecule has 0 amide bonds. The monoisotopic (exact) mass is 493 g/mol. The molecule has 0 saturated carbocycles. The van der Waals surface area contributed by atoms with Gasteiger partial charge in [-0.25, -0.2) is 0 Å². The molecule has 0 saturated heterocycles. The molecule has 4 heteroatoms. The molecule has 0 aromatic heterocycles. The van der Waals surface area contributed by atoms with Crippen LogP contribution in [0.5, 0.6) is 0 Å². The van der Waals surface area contributed by atoms with Crippen LogP contribution in [0.25, 0.3) is 17.2 Å². The van der Waals surface area contributed by atoms with Gasteiger partial charge in [-0.2, -0.15) is 0 Å². The van der Waals surface area contributed by atoms with Crippen molar-refractivity contribution in [3.8, 4) is 11.1 Å². The molecule has 3 rings (SSSR count). The van der Waals surface area contributed by atoms with Gasteiger partial charge in [0.15, 0.2) is 0 Å². The average Bonchev–Trinajstić information content (AvgIpc) is 2.92. The molecule has 0 bridgehead atoms. The van der Waals surface area contributed by atoms with Crippen LogP contribution in [0.4, 0.5) is 0 Å². The van der Waals surface area contributed by atoms with E-state index in [2.05, 4.69) is 82.4 Å². The summed E-state index contributed by atoms with van der Waals surface area (Å²) in [6.45, 7) is 12.0. The third kappa shape index (κ3) is 5.69. The van der Waals surface area contributed by atoms with Crippen molar-refractivity contribution >= 4 is 12.0 Å². The number of halogens is 2. The van der Waals surface area contributed by atoms with Gasteiger partial charge in [0, 0.05) is 0 Å². The van der Waals surface area contributed by atoms with Gasteiger partial charge in [-0.3, -0.25) is 0 Å². The van der Waals surface area contributed by atoms with Crippen LogP contribution in [0.3, 0.4) is 0 Å². The van der Waals surface area contributed by atoms with Gasteiger partial charge in [0.05, 0.1) is 0 Å². The molecule has 1 aliphatic rings. The Morgan fingerprint density at radius 1 is 1.04 bits per heavy atom. The van der Waals surface area contributed by atoms with Crippen LogP contribution in [0.1, 0.15) is 59.8 Å². The molecular formula is C23H29Cl2SiZr. The van der Waals surface area contributed by atoms with E-state index in [0.29, 0.717) is 5.92 Å². The standard InChI is InChI=1S/C21H23.C2H6Si.2ClH.Zr/c1-4-8-16-11-19-13-18(15(2)3)14-21(20(19)12-16)17-9-6-5-7-10-17;1-3-2;;;/h5-7,9-15H,4,8H2,1-3H3;1-2H3;2*1H;/q;;;;+2/p-2. The molecular weight excluding hydrogens is 466 g/mol. The van der Waals surface area contributed by atoms with Crippen molar-refractivity contribution < 1.29 is 47.2 Å². The number of hydrogen-bond donors (Lipinski definition) is 0. The van der Waals surface area contributed by atoms with Gasteiger partial charge in [-0.05, 0) is 0 Å². The molecule has 0 aliphatic heterocycles. The summed E-state index contributed by atoms with van der Waals surface area (Å²) in [6, 6.07) is 16.0. The summed E-state index contributed by atoms with van der Waals surface area (Å²) < 4.78 is 0.823. The summed E-state index contributed by atoms with van der Waals surface area (Å²) in [5.41, 5.74) is 9.29. The second kappa shape index (κ2) is 11.1. The summed E-state index contributed by atoms with van der Waals surface area (Å²) in [7, 11) is 0. The first-order valence-corrected chi connectivity index (χ1v) is 17.1. The Morgan fingerprint density at radius 2 is 1.70 bits per heavy atom. The van der Waals surface area contributed by atoms with Gasteiger partial charge in [0.25, 0.3) is 0 Å².